The van der Waals surface area contributed by atoms with E-state index in [1.807, 2.05) is 0 Å². The van der Waals surface area contributed by atoms with Crippen LogP contribution in [0.5, 0.6) is 0 Å². The average Bonchev–Trinajstić information content (AvgIpc) is 3.65. The van der Waals surface area contributed by atoms with Crippen LogP contribution in [0.15, 0.2) is 80.4 Å². The van der Waals surface area contributed by atoms with E-state index in [1.54, 1.807) is 22.7 Å². The Morgan fingerprint density at radius 3 is 2.42 bits per heavy atom. The van der Waals surface area contributed by atoms with Crippen LogP contribution in [0.2, 0.25) is 0 Å². The summed E-state index contributed by atoms with van der Waals surface area (Å²) in [7, 11) is 0. The molecule has 0 fully saturated rings. The fourth-order valence-corrected chi connectivity index (χ4v) is 9.54. The standard InChI is InChI=1S/C30H24N2O2S2/c1-29(2)16-7-5-6-14(16)15-10-13(11-18(15)29)23-21-22(28(34)31-23)24(32-27(21)33)20-12-19-26(36-20)25-17(8-9-35-25)30(19,3)4/h5,7-9,11-12H,6,10H2,1-4H3,(H,31,34)(H,32,33). The maximum Gasteiger partial charge on any atom is 0.258 e. The van der Waals surface area contributed by atoms with Crippen molar-refractivity contribution in [1.82, 2.24) is 10.6 Å². The Hall–Kier alpha value is -3.22. The van der Waals surface area contributed by atoms with Crippen molar-refractivity contribution >= 4 is 40.2 Å². The lowest BCUT2D eigenvalue weighted by Gasteiger charge is -2.23. The quantitative estimate of drug-likeness (QED) is 0.503. The van der Waals surface area contributed by atoms with Gasteiger partial charge in [0, 0.05) is 27.0 Å². The number of fused-ring (bicyclic) bond motifs is 5. The van der Waals surface area contributed by atoms with E-state index in [0.29, 0.717) is 22.5 Å². The molecule has 2 aromatic rings. The molecule has 4 nitrogen and oxygen atoms in total. The molecule has 6 heteroatoms. The Morgan fingerprint density at radius 1 is 0.861 bits per heavy atom. The molecule has 36 heavy (non-hydrogen) atoms. The van der Waals surface area contributed by atoms with Crippen molar-refractivity contribution in [3.05, 3.63) is 96.5 Å². The molecule has 8 rings (SSSR count). The van der Waals surface area contributed by atoms with Crippen LogP contribution in [0.25, 0.3) is 15.5 Å². The molecule has 2 aliphatic heterocycles. The summed E-state index contributed by atoms with van der Waals surface area (Å²) in [5.74, 6) is -0.375. The number of nitrogens with one attached hydrogen (secondary N) is 2. The normalized spacial score (nSPS) is 23.9. The van der Waals surface area contributed by atoms with Gasteiger partial charge in [0.1, 0.15) is 0 Å². The van der Waals surface area contributed by atoms with Gasteiger partial charge in [0.25, 0.3) is 11.8 Å². The fraction of sp³-hybridized carbons (Fsp3) is 0.267. The van der Waals surface area contributed by atoms with Gasteiger partial charge in [0.2, 0.25) is 0 Å². The van der Waals surface area contributed by atoms with Crippen LogP contribution in [-0.4, -0.2) is 11.8 Å². The highest BCUT2D eigenvalue weighted by Gasteiger charge is 2.47. The fourth-order valence-electron chi connectivity index (χ4n) is 6.98. The van der Waals surface area contributed by atoms with Gasteiger partial charge in [0.15, 0.2) is 0 Å². The summed E-state index contributed by atoms with van der Waals surface area (Å²) < 4.78 is 0. The van der Waals surface area contributed by atoms with Gasteiger partial charge >= 0.3 is 0 Å². The summed E-state index contributed by atoms with van der Waals surface area (Å²) in [5.41, 5.74) is 11.4. The second kappa shape index (κ2) is 6.36. The van der Waals surface area contributed by atoms with E-state index >= 15 is 0 Å². The molecule has 2 amide bonds. The number of thiophene rings is 2. The molecule has 0 spiro atoms. The van der Waals surface area contributed by atoms with E-state index in [1.165, 1.54) is 43.2 Å². The summed E-state index contributed by atoms with van der Waals surface area (Å²) in [5, 5.41) is 8.30. The minimum atomic E-state index is -0.187. The Balaban J connectivity index is 1.22. The minimum Gasteiger partial charge on any atom is -0.321 e. The van der Waals surface area contributed by atoms with Crippen LogP contribution >= 0.6 is 22.7 Å². The third-order valence-electron chi connectivity index (χ3n) is 8.85. The third kappa shape index (κ3) is 2.31. The van der Waals surface area contributed by atoms with Gasteiger partial charge in [-0.05, 0) is 62.9 Å². The monoisotopic (exact) mass is 508 g/mol. The molecule has 0 saturated heterocycles. The van der Waals surface area contributed by atoms with Gasteiger partial charge in [0.05, 0.1) is 27.4 Å². The van der Waals surface area contributed by atoms with E-state index in [-0.39, 0.29) is 22.6 Å². The smallest absolute Gasteiger partial charge is 0.258 e. The summed E-state index contributed by atoms with van der Waals surface area (Å²) in [6.07, 6.45) is 8.45. The van der Waals surface area contributed by atoms with Crippen LogP contribution in [0.3, 0.4) is 0 Å². The molecule has 2 N–H and O–H groups in total. The Kier molecular flexibility index (Phi) is 3.70. The van der Waals surface area contributed by atoms with Crippen molar-refractivity contribution < 1.29 is 9.59 Å². The number of hydrogen-bond acceptors (Lipinski definition) is 4. The Labute approximate surface area is 217 Å². The Bertz CT molecular complexity index is 1710. The first-order valence-corrected chi connectivity index (χ1v) is 14.1. The van der Waals surface area contributed by atoms with E-state index in [4.69, 9.17) is 0 Å². The minimum absolute atomic E-state index is 0.0417. The van der Waals surface area contributed by atoms with Crippen LogP contribution in [0, 0.1) is 5.41 Å². The molecule has 4 aliphatic carbocycles. The van der Waals surface area contributed by atoms with Crippen LogP contribution in [0.4, 0.5) is 0 Å². The molecule has 0 radical (unpaired) electrons. The number of hydrogen-bond donors (Lipinski definition) is 2. The third-order valence-corrected chi connectivity index (χ3v) is 11.1. The van der Waals surface area contributed by atoms with Crippen LogP contribution in [0.1, 0.15) is 56.5 Å². The lowest BCUT2D eigenvalue weighted by molar-refractivity contribution is -0.117. The van der Waals surface area contributed by atoms with Crippen molar-refractivity contribution in [3.63, 3.8) is 0 Å². The maximum atomic E-state index is 13.3. The number of rotatable bonds is 2. The molecule has 2 aromatic heterocycles. The summed E-state index contributed by atoms with van der Waals surface area (Å²) in [4.78, 5) is 30.1. The lowest BCUT2D eigenvalue weighted by atomic mass is 9.80. The van der Waals surface area contributed by atoms with Gasteiger partial charge in [-0.3, -0.25) is 9.59 Å². The number of amides is 2. The summed E-state index contributed by atoms with van der Waals surface area (Å²) in [6, 6.07) is 4.39. The zero-order valence-electron chi connectivity index (χ0n) is 20.5. The van der Waals surface area contributed by atoms with E-state index in [2.05, 4.69) is 74.1 Å². The zero-order valence-corrected chi connectivity index (χ0v) is 22.1. The molecule has 178 valence electrons. The largest absolute Gasteiger partial charge is 0.321 e. The highest BCUT2D eigenvalue weighted by molar-refractivity contribution is 7.22. The highest BCUT2D eigenvalue weighted by Crippen LogP contribution is 2.58. The maximum absolute atomic E-state index is 13.3. The van der Waals surface area contributed by atoms with Gasteiger partial charge in [-0.25, -0.2) is 0 Å². The van der Waals surface area contributed by atoms with Crippen molar-refractivity contribution in [2.75, 3.05) is 0 Å². The van der Waals surface area contributed by atoms with Gasteiger partial charge in [-0.1, -0.05) is 45.9 Å². The number of carbonyl (C=O) groups excluding carboxylic acids is 2. The molecule has 6 aliphatic rings. The molecule has 4 heterocycles. The molecule has 0 unspecified atom stereocenters. The van der Waals surface area contributed by atoms with E-state index < -0.39 is 0 Å². The molecule has 0 aromatic carbocycles. The molecule has 0 bridgehead atoms. The number of allylic oxidation sites excluding steroid dienone is 8. The molecule has 0 atom stereocenters. The molecular weight excluding hydrogens is 484 g/mol. The number of carbonyl (C=O) groups is 2. The van der Waals surface area contributed by atoms with E-state index in [0.717, 1.165) is 23.3 Å². The first kappa shape index (κ1) is 20.9. The van der Waals surface area contributed by atoms with Crippen LogP contribution < -0.4 is 10.6 Å². The Morgan fingerprint density at radius 2 is 1.61 bits per heavy atom. The lowest BCUT2D eigenvalue weighted by Crippen LogP contribution is -2.22. The highest BCUT2D eigenvalue weighted by atomic mass is 32.1. The molecular formula is C30H24N2O2S2. The van der Waals surface area contributed by atoms with Gasteiger partial charge in [-0.2, -0.15) is 0 Å². The first-order chi connectivity index (χ1) is 17.2. The predicted molar refractivity (Wildman–Crippen MR) is 144 cm³/mol. The van der Waals surface area contributed by atoms with Crippen molar-refractivity contribution in [2.45, 2.75) is 46.0 Å². The second-order valence-electron chi connectivity index (χ2n) is 11.4. The SMILES string of the molecule is CC1(C)C2=C(CC=C2)C2=C1C=C(C1=C3C(=O)NC(c4cc5c(s4)-c4sccc4C5(C)C)=C3C(=O)N1)C2. The van der Waals surface area contributed by atoms with Crippen molar-refractivity contribution in [2.24, 2.45) is 5.41 Å². The second-order valence-corrected chi connectivity index (χ2v) is 13.4. The van der Waals surface area contributed by atoms with Gasteiger partial charge in [-0.15, -0.1) is 22.7 Å². The summed E-state index contributed by atoms with van der Waals surface area (Å²) in [6.45, 7) is 9.04. The average molecular weight is 509 g/mol. The predicted octanol–water partition coefficient (Wildman–Crippen LogP) is 6.26. The summed E-state index contributed by atoms with van der Waals surface area (Å²) >= 11 is 3.44. The first-order valence-electron chi connectivity index (χ1n) is 12.4. The zero-order chi connectivity index (χ0) is 24.7. The van der Waals surface area contributed by atoms with Crippen molar-refractivity contribution in [3.8, 4) is 9.75 Å². The van der Waals surface area contributed by atoms with Crippen LogP contribution in [-0.2, 0) is 15.0 Å². The van der Waals surface area contributed by atoms with Crippen molar-refractivity contribution in [1.29, 1.82) is 0 Å². The topological polar surface area (TPSA) is 58.2 Å². The van der Waals surface area contributed by atoms with Gasteiger partial charge < -0.3 is 10.6 Å². The van der Waals surface area contributed by atoms with E-state index in [9.17, 15) is 9.59 Å². The molecule has 0 saturated carbocycles.